The van der Waals surface area contributed by atoms with Crippen LogP contribution in [0.25, 0.3) is 10.8 Å². The zero-order valence-electron chi connectivity index (χ0n) is 44.7. The molecule has 5 aromatic rings. The molecule has 4 aliphatic rings. The number of hydrogen-bond acceptors (Lipinski definition) is 13. The van der Waals surface area contributed by atoms with Crippen LogP contribution in [0.3, 0.4) is 0 Å². The van der Waals surface area contributed by atoms with Crippen LogP contribution in [0.2, 0.25) is 0 Å². The van der Waals surface area contributed by atoms with Gasteiger partial charge in [-0.05, 0) is 120 Å². The van der Waals surface area contributed by atoms with Gasteiger partial charge in [-0.3, -0.25) is 20.2 Å². The van der Waals surface area contributed by atoms with Crippen molar-refractivity contribution < 1.29 is 53.2 Å². The van der Waals surface area contributed by atoms with E-state index < -0.39 is 34.7 Å². The first-order chi connectivity index (χ1) is 38.1. The maximum absolute atomic E-state index is 15.6. The lowest BCUT2D eigenvalue weighted by Crippen LogP contribution is -2.70. The third kappa shape index (κ3) is 12.4. The van der Waals surface area contributed by atoms with Gasteiger partial charge in [-0.15, -0.1) is 6.58 Å². The first-order valence-electron chi connectivity index (χ1n) is 27.5. The number of unbranched alkanes of at least 4 members (excludes halogenated alkanes) is 2. The summed E-state index contributed by atoms with van der Waals surface area (Å²) in [6, 6.07) is 30.1. The van der Waals surface area contributed by atoms with Crippen LogP contribution in [0, 0.1) is 33.8 Å². The molecule has 6 atom stereocenters. The third-order valence-electron chi connectivity index (χ3n) is 16.2. The van der Waals surface area contributed by atoms with Gasteiger partial charge in [-0.2, -0.15) is 0 Å². The van der Waals surface area contributed by atoms with Crippen molar-refractivity contribution in [2.45, 2.75) is 114 Å². The predicted molar refractivity (Wildman–Crippen MR) is 298 cm³/mol. The number of amides is 2. The number of methoxy groups -OCH3 is 2. The number of carbonyl (C=O) groups is 2. The average molecular weight is 1070 g/mol. The Bertz CT molecular complexity index is 2970. The summed E-state index contributed by atoms with van der Waals surface area (Å²) >= 11 is 0. The van der Waals surface area contributed by atoms with Crippen LogP contribution in [-0.2, 0) is 27.5 Å². The van der Waals surface area contributed by atoms with Gasteiger partial charge < -0.3 is 43.6 Å². The zero-order valence-corrected chi connectivity index (χ0v) is 44.7. The number of non-ortho nitro benzene ring substituents is 1. The predicted octanol–water partition coefficient (Wildman–Crippen LogP) is 12.2. The molecule has 3 N–H and O–H groups in total. The van der Waals surface area contributed by atoms with E-state index >= 15 is 4.79 Å². The molecule has 9 rings (SSSR count). The Balaban J connectivity index is 1.22. The van der Waals surface area contributed by atoms with Crippen molar-refractivity contribution in [1.29, 1.82) is 0 Å². The second kappa shape index (κ2) is 25.9. The second-order valence-electron chi connectivity index (χ2n) is 20.9. The Labute approximate surface area is 456 Å². The normalized spacial score (nSPS) is 21.9. The summed E-state index contributed by atoms with van der Waals surface area (Å²) in [5, 5.41) is 41.7. The number of oxime groups is 1. The molecule has 1 aliphatic heterocycles. The number of fused-ring (bicyclic) bond motifs is 3. The average Bonchev–Trinajstić information content (AvgIpc) is 3.10. The van der Waals surface area contributed by atoms with Gasteiger partial charge in [-0.25, -0.2) is 4.79 Å². The Hall–Kier alpha value is -7.27. The standard InChI is InChI=1S/C62H72N4O12/c1-4-34-75-62-57(65(58(69)31-24-41-14-5-6-15-41)39-45-19-13-18-43-16-7-8-20-49(43)45)38-54(64-76-40-42-22-25-46(26-23-42)66(71)72)51-35-44(17-9-11-32-67)50(21-10-12-33-68)59(60(51)62)52-36-48(28-30-55(52)78-62)77-61(70)63-53-29-27-47(73-2)37-56(53)74-3/h4,7-8,13,16,18-20,22-23,25-30,35-37,41,44,50,57,59-60,67-68H,1,5-6,9-12,14-15,17,21,24,31-34,38-40H2,2-3H3,(H,63,70)/t44-,50+,57-,59+,60+,62+/m0/s1. The summed E-state index contributed by atoms with van der Waals surface area (Å²) < 4.78 is 31.9. The molecule has 412 valence electrons. The van der Waals surface area contributed by atoms with E-state index in [2.05, 4.69) is 42.2 Å². The molecule has 16 nitrogen and oxygen atoms in total. The quantitative estimate of drug-likeness (QED) is 0.0216. The van der Waals surface area contributed by atoms with E-state index in [1.807, 2.05) is 35.2 Å². The third-order valence-corrected chi connectivity index (χ3v) is 16.2. The number of anilines is 1. The van der Waals surface area contributed by atoms with Crippen LogP contribution in [-0.4, -0.2) is 83.6 Å². The van der Waals surface area contributed by atoms with Gasteiger partial charge in [0.1, 0.15) is 35.6 Å². The number of carbonyl (C=O) groups excluding carboxylic acids is 2. The Kier molecular flexibility index (Phi) is 18.4. The van der Waals surface area contributed by atoms with Crippen LogP contribution < -0.4 is 24.3 Å². The summed E-state index contributed by atoms with van der Waals surface area (Å²) in [5.74, 6) is -0.631. The van der Waals surface area contributed by atoms with Crippen LogP contribution >= 0.6 is 0 Å². The highest BCUT2D eigenvalue weighted by Crippen LogP contribution is 2.62. The van der Waals surface area contributed by atoms with Gasteiger partial charge in [-0.1, -0.05) is 98.3 Å². The summed E-state index contributed by atoms with van der Waals surface area (Å²) in [6.07, 6.45) is 13.0. The number of allylic oxidation sites excluding steroid dienone is 1. The van der Waals surface area contributed by atoms with Crippen LogP contribution in [0.15, 0.2) is 133 Å². The molecule has 1 heterocycles. The van der Waals surface area contributed by atoms with Gasteiger partial charge in [0, 0.05) is 62.3 Å². The van der Waals surface area contributed by atoms with Crippen LogP contribution in [0.4, 0.5) is 16.2 Å². The monoisotopic (exact) mass is 1060 g/mol. The number of ether oxygens (including phenoxy) is 5. The van der Waals surface area contributed by atoms with Crippen molar-refractivity contribution >= 4 is 39.9 Å². The minimum atomic E-state index is -1.54. The van der Waals surface area contributed by atoms with E-state index in [0.29, 0.717) is 72.2 Å². The van der Waals surface area contributed by atoms with E-state index in [9.17, 15) is 25.1 Å². The molecule has 0 radical (unpaired) electrons. The minimum absolute atomic E-state index is 0.0138. The number of rotatable bonds is 25. The Morgan fingerprint density at radius 1 is 0.897 bits per heavy atom. The molecule has 78 heavy (non-hydrogen) atoms. The maximum Gasteiger partial charge on any atom is 0.417 e. The fourth-order valence-corrected chi connectivity index (χ4v) is 12.5. The number of nitro groups is 1. The van der Waals surface area contributed by atoms with Crippen molar-refractivity contribution in [1.82, 2.24) is 4.90 Å². The molecule has 0 spiro atoms. The molecule has 0 unspecified atom stereocenters. The topological polar surface area (TPSA) is 201 Å². The number of nitro benzene ring substituents is 1. The first-order valence-corrected chi connectivity index (χ1v) is 27.5. The zero-order chi connectivity index (χ0) is 54.6. The maximum atomic E-state index is 15.6. The molecule has 5 aromatic carbocycles. The van der Waals surface area contributed by atoms with Gasteiger partial charge in [0.15, 0.2) is 0 Å². The lowest BCUT2D eigenvalue weighted by Gasteiger charge is -2.60. The van der Waals surface area contributed by atoms with Crippen molar-refractivity contribution in [3.8, 4) is 23.0 Å². The van der Waals surface area contributed by atoms with Crippen molar-refractivity contribution in [3.63, 3.8) is 0 Å². The molecule has 0 bridgehead atoms. The first kappa shape index (κ1) is 55.5. The highest BCUT2D eigenvalue weighted by Gasteiger charge is 2.65. The minimum Gasteiger partial charge on any atom is -0.497 e. The van der Waals surface area contributed by atoms with E-state index in [1.54, 1.807) is 49.6 Å². The summed E-state index contributed by atoms with van der Waals surface area (Å²) in [5.41, 5.74) is 4.20. The second-order valence-corrected chi connectivity index (χ2v) is 20.9. The number of aliphatic hydroxyl groups excluding tert-OH is 2. The molecule has 16 heteroatoms. The van der Waals surface area contributed by atoms with Crippen molar-refractivity contribution in [2.75, 3.05) is 39.4 Å². The fourth-order valence-electron chi connectivity index (χ4n) is 12.5. The highest BCUT2D eigenvalue weighted by molar-refractivity contribution is 6.03. The number of benzene rings is 5. The molecule has 0 aromatic heterocycles. The van der Waals surface area contributed by atoms with Gasteiger partial charge >= 0.3 is 6.09 Å². The van der Waals surface area contributed by atoms with Crippen molar-refractivity contribution in [3.05, 3.63) is 154 Å². The molecule has 2 amide bonds. The molecular formula is C62H72N4O12. The van der Waals surface area contributed by atoms with Crippen molar-refractivity contribution in [2.24, 2.45) is 28.8 Å². The molecule has 2 saturated carbocycles. The van der Waals surface area contributed by atoms with E-state index in [1.165, 1.54) is 19.2 Å². The van der Waals surface area contributed by atoms with Gasteiger partial charge in [0.25, 0.3) is 5.69 Å². The lowest BCUT2D eigenvalue weighted by atomic mass is 9.55. The largest absolute Gasteiger partial charge is 0.497 e. The van der Waals surface area contributed by atoms with E-state index in [-0.39, 0.29) is 68.6 Å². The van der Waals surface area contributed by atoms with E-state index in [4.69, 9.17) is 33.7 Å². The Morgan fingerprint density at radius 3 is 2.40 bits per heavy atom. The molecular weight excluding hydrogens is 993 g/mol. The molecule has 0 saturated heterocycles. The fraction of sp³-hybridized carbons (Fsp3) is 0.435. The SMILES string of the molecule is C=CCO[C@@]12Oc3ccc(OC(=O)Nc4ccc(OC)cc4OC)cc3[C@H]3[C@H](CCCCO)[C@@H](CCCCO)C=C(C(=NOCc4ccc([N+](=O)[O-])cc4)C[C@@H]1N(Cc1cccc4ccccc14)C(=O)CCC1CCCC1)[C@H]32. The number of aliphatic hydroxyl groups is 2. The number of nitrogens with zero attached hydrogens (tertiary/aromatic N) is 3. The smallest absolute Gasteiger partial charge is 0.417 e. The molecule has 3 aliphatic carbocycles. The molecule has 2 fully saturated rings. The number of nitrogens with one attached hydrogen (secondary N) is 1. The van der Waals surface area contributed by atoms with Gasteiger partial charge in [0.05, 0.1) is 43.1 Å². The summed E-state index contributed by atoms with van der Waals surface area (Å²) in [7, 11) is 3.05. The highest BCUT2D eigenvalue weighted by atomic mass is 16.7. The Morgan fingerprint density at radius 2 is 1.65 bits per heavy atom. The summed E-state index contributed by atoms with van der Waals surface area (Å²) in [4.78, 5) is 48.9. The van der Waals surface area contributed by atoms with E-state index in [0.717, 1.165) is 72.4 Å². The summed E-state index contributed by atoms with van der Waals surface area (Å²) in [6.45, 7) is 4.50. The lowest BCUT2D eigenvalue weighted by molar-refractivity contribution is -0.384. The van der Waals surface area contributed by atoms with Gasteiger partial charge in [0.2, 0.25) is 11.7 Å². The van der Waals surface area contributed by atoms with Crippen LogP contribution in [0.1, 0.15) is 106 Å². The number of hydrogen-bond donors (Lipinski definition) is 3. The van der Waals surface area contributed by atoms with Crippen LogP contribution in [0.5, 0.6) is 23.0 Å².